The zero-order valence-electron chi connectivity index (χ0n) is 46.5. The quantitative estimate of drug-likeness (QED) is 0.151. The van der Waals surface area contributed by atoms with Gasteiger partial charge in [0.1, 0.15) is 49.8 Å². The maximum atomic E-state index is 11.9. The minimum absolute atomic E-state index is 0.0417. The summed E-state index contributed by atoms with van der Waals surface area (Å²) >= 11 is 0. The normalized spacial score (nSPS) is 35.7. The average Bonchev–Trinajstić information content (AvgIpc) is 1.94. The van der Waals surface area contributed by atoms with Crippen LogP contribution in [0, 0.1) is 80.8 Å². The van der Waals surface area contributed by atoms with Crippen LogP contribution in [-0.4, -0.2) is 134 Å². The number of carbonyl (C=O) groups is 11. The van der Waals surface area contributed by atoms with Crippen molar-refractivity contribution >= 4 is 65.7 Å². The molecule has 82 heavy (non-hydrogen) atoms. The summed E-state index contributed by atoms with van der Waals surface area (Å²) in [7, 11) is 0. The predicted octanol–water partition coefficient (Wildman–Crippen LogP) is 3.98. The van der Waals surface area contributed by atoms with Crippen LogP contribution in [0.4, 0.5) is 0 Å². The second-order valence-electron chi connectivity index (χ2n) is 23.1. The Morgan fingerprint density at radius 3 is 1.57 bits per heavy atom. The molecule has 11 fully saturated rings. The van der Waals surface area contributed by atoms with Gasteiger partial charge in [-0.3, -0.25) is 24.0 Å². The Labute approximate surface area is 472 Å². The molecule has 0 N–H and O–H groups in total. The fourth-order valence-corrected chi connectivity index (χ4v) is 12.7. The van der Waals surface area contributed by atoms with Gasteiger partial charge in [0.15, 0.2) is 23.0 Å². The van der Waals surface area contributed by atoms with Gasteiger partial charge in [-0.05, 0) is 86.0 Å². The second kappa shape index (κ2) is 24.1. The van der Waals surface area contributed by atoms with E-state index in [-0.39, 0.29) is 97.1 Å². The first-order valence-electron chi connectivity index (χ1n) is 26.7. The summed E-state index contributed by atoms with van der Waals surface area (Å²) in [5.41, 5.74) is -1.26. The lowest BCUT2D eigenvalue weighted by Gasteiger charge is -2.28. The lowest BCUT2D eigenvalue weighted by molar-refractivity contribution is -0.168. The molecule has 5 saturated heterocycles. The minimum atomic E-state index is -1.06. The Balaban J connectivity index is 0.000000150. The fraction of sp³-hybridized carbons (Fsp3) is 0.603. The van der Waals surface area contributed by atoms with Crippen molar-refractivity contribution in [3.63, 3.8) is 0 Å². The molecular weight excluding hydrogens is 1080 g/mol. The first-order chi connectivity index (χ1) is 38.5. The zero-order valence-corrected chi connectivity index (χ0v) is 46.5. The van der Waals surface area contributed by atoms with Crippen molar-refractivity contribution in [3.05, 3.63) is 60.8 Å². The largest absolute Gasteiger partial charge is 0.465 e. The van der Waals surface area contributed by atoms with Gasteiger partial charge in [-0.2, -0.15) is 10.5 Å². The van der Waals surface area contributed by atoms with E-state index < -0.39 is 95.3 Å². The number of nitriles is 2. The second-order valence-corrected chi connectivity index (χ2v) is 23.1. The van der Waals surface area contributed by atoms with Crippen LogP contribution in [0.15, 0.2) is 60.8 Å². The molecular formula is C58H66N2O22. The van der Waals surface area contributed by atoms with Gasteiger partial charge in [0.2, 0.25) is 0 Å². The van der Waals surface area contributed by atoms with Crippen molar-refractivity contribution in [2.24, 2.45) is 58.2 Å². The van der Waals surface area contributed by atoms with E-state index >= 15 is 0 Å². The summed E-state index contributed by atoms with van der Waals surface area (Å²) in [5.74, 6) is -4.13. The summed E-state index contributed by atoms with van der Waals surface area (Å²) in [5, 5.41) is 18.5. The first kappa shape index (κ1) is 61.5. The van der Waals surface area contributed by atoms with Crippen LogP contribution < -0.4 is 0 Å². The molecule has 24 heteroatoms. The monoisotopic (exact) mass is 1140 g/mol. The standard InChI is InChI=1S/C15H15NO6.C13H13NO4.C13H16O4.C9H12O4.C8H10O4/c1-7(2)13(18)20-5-10(17)21-11-8-3-9-12(11)22-14(19)15(9,4-8)6-16;1-6(2)11(15)17-9-7-3-8-10(9)18-12(16)13(8,4-7)5-14;1-6(2)12(14)17-10-4-7-3-8(10)9-5-16-13(15)11(7)9;1-6(2)8(11)13-9(3)4-7(10)12-5-9;1-5(2)8(10)12-6-3-7(9)11-4-6/h8-9,11-12H,1,3-5H2,2H3;7-10H,1,3-4H2,2H3;7-11H,1,3-5H2,2H3;1,4-5H2,2-3H3;6H,1,3-4H2,2H3. The van der Waals surface area contributed by atoms with E-state index in [9.17, 15) is 63.3 Å². The number of ether oxygens (including phenoxy) is 11. The molecule has 6 aliphatic carbocycles. The molecule has 0 radical (unpaired) electrons. The molecule has 17 atom stereocenters. The van der Waals surface area contributed by atoms with Gasteiger partial charge in [0, 0.05) is 63.4 Å². The van der Waals surface area contributed by atoms with Crippen LogP contribution in [-0.2, 0) is 105 Å². The van der Waals surface area contributed by atoms with E-state index in [4.69, 9.17) is 47.4 Å². The number of hydrogen-bond acceptors (Lipinski definition) is 24. The Morgan fingerprint density at radius 1 is 0.585 bits per heavy atom. The number of carbonyl (C=O) groups excluding carboxylic acids is 11. The third-order valence-electron chi connectivity index (χ3n) is 16.7. The van der Waals surface area contributed by atoms with E-state index in [0.717, 1.165) is 19.3 Å². The van der Waals surface area contributed by atoms with Gasteiger partial charge >= 0.3 is 65.7 Å². The molecule has 6 bridgehead atoms. The number of hydrogen-bond donors (Lipinski definition) is 0. The van der Waals surface area contributed by atoms with Gasteiger partial charge < -0.3 is 52.1 Å². The highest BCUT2D eigenvalue weighted by molar-refractivity contribution is 5.91. The SMILES string of the molecule is C=C(C)C(=O)OC1(C)COC(=O)C1.C=C(C)C(=O)OC1C2CC3C1OC(=O)C3(C#N)C2.C=C(C)C(=O)OC1CC2CC1C1COC(=O)C21.C=C(C)C(=O)OC1COC(=O)C1.C=C(C)C(=O)OCC(=O)OC1C2CC3C1OC(=O)C3(C#N)C2. The van der Waals surface area contributed by atoms with E-state index in [0.29, 0.717) is 60.0 Å². The summed E-state index contributed by atoms with van der Waals surface area (Å²) in [4.78, 5) is 125. The fourth-order valence-electron chi connectivity index (χ4n) is 12.7. The highest BCUT2D eigenvalue weighted by Gasteiger charge is 2.73. The molecule has 0 aromatic rings. The number of fused-ring (bicyclic) bond motifs is 7. The summed E-state index contributed by atoms with van der Waals surface area (Å²) in [6.07, 6.45) is 1.77. The smallest absolute Gasteiger partial charge is 0.344 e. The van der Waals surface area contributed by atoms with Crippen molar-refractivity contribution in [2.45, 2.75) is 135 Å². The zero-order chi connectivity index (χ0) is 60.5. The van der Waals surface area contributed by atoms with E-state index in [1.54, 1.807) is 34.6 Å². The van der Waals surface area contributed by atoms with E-state index in [2.05, 4.69) is 49.8 Å². The number of cyclic esters (lactones) is 3. The molecule has 6 saturated carbocycles. The topological polar surface area (TPSA) is 337 Å². The van der Waals surface area contributed by atoms with Gasteiger partial charge in [-0.25, -0.2) is 28.8 Å². The van der Waals surface area contributed by atoms with Crippen LogP contribution in [0.25, 0.3) is 0 Å². The van der Waals surface area contributed by atoms with E-state index in [1.165, 1.54) is 6.92 Å². The van der Waals surface area contributed by atoms with Gasteiger partial charge in [0.05, 0.1) is 37.5 Å². The molecule has 17 unspecified atom stereocenters. The maximum Gasteiger partial charge on any atom is 0.344 e. The van der Waals surface area contributed by atoms with Crippen molar-refractivity contribution in [1.82, 2.24) is 0 Å². The summed E-state index contributed by atoms with van der Waals surface area (Å²) in [6, 6.07) is 4.20. The van der Waals surface area contributed by atoms with Crippen LogP contribution >= 0.6 is 0 Å². The molecule has 11 rings (SSSR count). The first-order valence-corrected chi connectivity index (χ1v) is 26.7. The van der Waals surface area contributed by atoms with Gasteiger partial charge in [-0.1, -0.05) is 32.9 Å². The van der Waals surface area contributed by atoms with Crippen molar-refractivity contribution in [2.75, 3.05) is 26.4 Å². The summed E-state index contributed by atoms with van der Waals surface area (Å²) in [6.45, 7) is 27.2. The molecule has 440 valence electrons. The van der Waals surface area contributed by atoms with E-state index in [1.807, 2.05) is 0 Å². The number of nitrogens with zero attached hydrogens (tertiary/aromatic N) is 2. The molecule has 11 aliphatic rings. The van der Waals surface area contributed by atoms with Crippen LogP contribution in [0.1, 0.15) is 92.9 Å². The molecule has 5 aliphatic heterocycles. The van der Waals surface area contributed by atoms with Crippen molar-refractivity contribution in [1.29, 1.82) is 10.5 Å². The lowest BCUT2D eigenvalue weighted by atomic mass is 9.74. The highest BCUT2D eigenvalue weighted by atomic mass is 16.6. The molecule has 0 aromatic heterocycles. The molecule has 0 spiro atoms. The number of esters is 11. The highest BCUT2D eigenvalue weighted by Crippen LogP contribution is 2.63. The molecule has 0 aromatic carbocycles. The molecule has 24 nitrogen and oxygen atoms in total. The average molecular weight is 1140 g/mol. The van der Waals surface area contributed by atoms with Crippen LogP contribution in [0.5, 0.6) is 0 Å². The third kappa shape index (κ3) is 12.4. The lowest BCUT2D eigenvalue weighted by Crippen LogP contribution is -2.40. The Morgan fingerprint density at radius 2 is 1.10 bits per heavy atom. The Bertz CT molecular complexity index is 2890. The Kier molecular flexibility index (Phi) is 18.1. The van der Waals surface area contributed by atoms with Crippen molar-refractivity contribution in [3.8, 4) is 12.1 Å². The van der Waals surface area contributed by atoms with Gasteiger partial charge in [-0.15, -0.1) is 0 Å². The van der Waals surface area contributed by atoms with Gasteiger partial charge in [0.25, 0.3) is 0 Å². The third-order valence-corrected chi connectivity index (χ3v) is 16.7. The van der Waals surface area contributed by atoms with Crippen LogP contribution in [0.2, 0.25) is 0 Å². The molecule has 5 heterocycles. The van der Waals surface area contributed by atoms with Crippen molar-refractivity contribution < 1.29 is 105 Å². The predicted molar refractivity (Wildman–Crippen MR) is 273 cm³/mol. The number of rotatable bonds is 12. The summed E-state index contributed by atoms with van der Waals surface area (Å²) < 4.78 is 55.7. The van der Waals surface area contributed by atoms with Crippen LogP contribution in [0.3, 0.4) is 0 Å². The minimum Gasteiger partial charge on any atom is -0.465 e. The Hall–Kier alpha value is -8.15. The maximum absolute atomic E-state index is 11.9. The molecule has 0 amide bonds.